The van der Waals surface area contributed by atoms with E-state index < -0.39 is 6.10 Å². The van der Waals surface area contributed by atoms with Crippen LogP contribution in [-0.4, -0.2) is 29.1 Å². The maximum Gasteiger partial charge on any atom is 0.224 e. The number of fused-ring (bicyclic) bond motifs is 1. The van der Waals surface area contributed by atoms with Crippen LogP contribution in [0.2, 0.25) is 0 Å². The Hall–Kier alpha value is -2.60. The van der Waals surface area contributed by atoms with E-state index in [1.165, 1.54) is 0 Å². The van der Waals surface area contributed by atoms with E-state index in [0.717, 1.165) is 31.2 Å². The van der Waals surface area contributed by atoms with Crippen LogP contribution in [-0.2, 0) is 22.6 Å². The summed E-state index contributed by atoms with van der Waals surface area (Å²) in [4.78, 5) is 25.6. The summed E-state index contributed by atoms with van der Waals surface area (Å²) in [6, 6.07) is 13.4. The zero-order valence-electron chi connectivity index (χ0n) is 20.5. The molecule has 2 aliphatic carbocycles. The van der Waals surface area contributed by atoms with Gasteiger partial charge in [-0.05, 0) is 66.5 Å². The lowest BCUT2D eigenvalue weighted by Crippen LogP contribution is -2.58. The minimum Gasteiger partial charge on any atom is -0.467 e. The van der Waals surface area contributed by atoms with Gasteiger partial charge in [-0.25, -0.2) is 0 Å². The van der Waals surface area contributed by atoms with Crippen LogP contribution < -0.4 is 10.6 Å². The van der Waals surface area contributed by atoms with E-state index in [-0.39, 0.29) is 46.9 Å². The number of rotatable bonds is 7. The summed E-state index contributed by atoms with van der Waals surface area (Å²) in [5, 5.41) is 17.8. The molecule has 0 aliphatic heterocycles. The lowest BCUT2D eigenvalue weighted by atomic mass is 9.51. The van der Waals surface area contributed by atoms with Gasteiger partial charge in [0.05, 0.1) is 25.3 Å². The smallest absolute Gasteiger partial charge is 0.224 e. The van der Waals surface area contributed by atoms with Crippen molar-refractivity contribution in [2.75, 3.05) is 0 Å². The van der Waals surface area contributed by atoms with E-state index in [1.54, 1.807) is 12.3 Å². The van der Waals surface area contributed by atoms with Crippen LogP contribution in [0.15, 0.2) is 53.1 Å². The first kappa shape index (κ1) is 24.5. The van der Waals surface area contributed by atoms with E-state index in [1.807, 2.05) is 43.3 Å². The van der Waals surface area contributed by atoms with Crippen molar-refractivity contribution < 1.29 is 19.1 Å². The molecule has 0 bridgehead atoms. The summed E-state index contributed by atoms with van der Waals surface area (Å²) in [7, 11) is 0. The number of nitrogens with one attached hydrogen (secondary N) is 2. The third-order valence-corrected chi connectivity index (χ3v) is 8.51. The second-order valence-electron chi connectivity index (χ2n) is 10.7. The van der Waals surface area contributed by atoms with Crippen LogP contribution in [0.5, 0.6) is 0 Å². The van der Waals surface area contributed by atoms with Crippen LogP contribution in [0.1, 0.15) is 57.8 Å². The van der Waals surface area contributed by atoms with Crippen LogP contribution in [0, 0.1) is 29.1 Å². The molecule has 1 aromatic heterocycles. The minimum atomic E-state index is -0.577. The van der Waals surface area contributed by atoms with Gasteiger partial charge in [-0.1, -0.05) is 51.1 Å². The van der Waals surface area contributed by atoms with E-state index in [9.17, 15) is 14.7 Å². The number of amides is 2. The molecule has 1 heterocycles. The Morgan fingerprint density at radius 3 is 2.59 bits per heavy atom. The molecule has 2 amide bonds. The summed E-state index contributed by atoms with van der Waals surface area (Å²) in [6.45, 7) is 6.70. The van der Waals surface area contributed by atoms with Crippen molar-refractivity contribution in [2.45, 2.75) is 71.6 Å². The maximum absolute atomic E-state index is 12.9. The van der Waals surface area contributed by atoms with Gasteiger partial charge in [0.15, 0.2) is 0 Å². The summed E-state index contributed by atoms with van der Waals surface area (Å²) < 4.78 is 5.31. The molecular weight excluding hydrogens is 428 g/mol. The molecule has 6 heteroatoms. The molecule has 0 radical (unpaired) electrons. The Labute approximate surface area is 202 Å². The second kappa shape index (κ2) is 10.3. The Balaban J connectivity index is 1.39. The quantitative estimate of drug-likeness (QED) is 0.573. The molecule has 4 rings (SSSR count). The van der Waals surface area contributed by atoms with Crippen molar-refractivity contribution in [3.05, 3.63) is 60.1 Å². The van der Waals surface area contributed by atoms with Gasteiger partial charge in [0, 0.05) is 12.0 Å². The van der Waals surface area contributed by atoms with E-state index >= 15 is 0 Å². The van der Waals surface area contributed by atoms with Crippen LogP contribution in [0.3, 0.4) is 0 Å². The Kier molecular flexibility index (Phi) is 7.46. The number of benzene rings is 1. The predicted octanol–water partition coefficient (Wildman–Crippen LogP) is 4.08. The number of carbonyl (C=O) groups is 2. The van der Waals surface area contributed by atoms with E-state index in [0.29, 0.717) is 18.7 Å². The molecule has 0 saturated heterocycles. The van der Waals surface area contributed by atoms with Crippen molar-refractivity contribution in [2.24, 2.45) is 29.1 Å². The highest BCUT2D eigenvalue weighted by Gasteiger charge is 2.53. The molecule has 34 heavy (non-hydrogen) atoms. The van der Waals surface area contributed by atoms with Crippen molar-refractivity contribution in [1.82, 2.24) is 10.6 Å². The van der Waals surface area contributed by atoms with Crippen LogP contribution >= 0.6 is 0 Å². The lowest BCUT2D eigenvalue weighted by Gasteiger charge is -2.56. The highest BCUT2D eigenvalue weighted by molar-refractivity contribution is 5.79. The van der Waals surface area contributed by atoms with Gasteiger partial charge < -0.3 is 20.2 Å². The Morgan fingerprint density at radius 2 is 1.88 bits per heavy atom. The molecule has 3 N–H and O–H groups in total. The fourth-order valence-corrected chi connectivity index (χ4v) is 6.48. The van der Waals surface area contributed by atoms with Gasteiger partial charge in [-0.2, -0.15) is 0 Å². The summed E-state index contributed by atoms with van der Waals surface area (Å²) in [5.41, 5.74) is 1.03. The van der Waals surface area contributed by atoms with Crippen molar-refractivity contribution >= 4 is 11.8 Å². The number of furan rings is 1. The third-order valence-electron chi connectivity index (χ3n) is 8.51. The number of hydrogen-bond acceptors (Lipinski definition) is 4. The Bertz CT molecular complexity index is 960. The van der Waals surface area contributed by atoms with Gasteiger partial charge in [-0.3, -0.25) is 9.59 Å². The normalized spacial score (nSPS) is 31.8. The molecule has 6 nitrogen and oxygen atoms in total. The zero-order chi connectivity index (χ0) is 24.3. The topological polar surface area (TPSA) is 91.6 Å². The van der Waals surface area contributed by atoms with Crippen LogP contribution in [0.4, 0.5) is 0 Å². The highest BCUT2D eigenvalue weighted by Crippen LogP contribution is 2.55. The predicted molar refractivity (Wildman–Crippen MR) is 131 cm³/mol. The molecule has 2 saturated carbocycles. The second-order valence-corrected chi connectivity index (χ2v) is 10.7. The lowest BCUT2D eigenvalue weighted by molar-refractivity contribution is -0.143. The fraction of sp³-hybridized carbons (Fsp3) is 0.571. The first-order chi connectivity index (χ1) is 16.3. The molecular formula is C28H38N2O4. The minimum absolute atomic E-state index is 0.0270. The molecule has 184 valence electrons. The first-order valence-electron chi connectivity index (χ1n) is 12.6. The molecule has 2 aromatic rings. The van der Waals surface area contributed by atoms with Gasteiger partial charge in [0.25, 0.3) is 0 Å². The largest absolute Gasteiger partial charge is 0.467 e. The Morgan fingerprint density at radius 1 is 1.15 bits per heavy atom. The fourth-order valence-electron chi connectivity index (χ4n) is 6.48. The van der Waals surface area contributed by atoms with Gasteiger partial charge in [0.2, 0.25) is 11.8 Å². The van der Waals surface area contributed by atoms with E-state index in [4.69, 9.17) is 4.42 Å². The van der Waals surface area contributed by atoms with Gasteiger partial charge in [0.1, 0.15) is 5.76 Å². The number of aliphatic hydroxyl groups is 1. The van der Waals surface area contributed by atoms with Crippen molar-refractivity contribution in [3.8, 4) is 0 Å². The molecule has 1 aromatic carbocycles. The van der Waals surface area contributed by atoms with Gasteiger partial charge in [-0.15, -0.1) is 0 Å². The standard InChI is InChI=1S/C28H38N2O4/c1-18(27(33)29-17-21-10-7-15-34-21)22-11-13-28(3)14-12-23(19(2)25(28)26(22)32)30-24(31)16-20-8-5-4-6-9-20/h4-10,15,18-19,22-23,25-26,32H,11-14,16-17H2,1-3H3,(H,29,33)(H,30,31)/t18-,19-,22+,23-,25+,26-,28+/m0/s1. The molecule has 0 unspecified atom stereocenters. The average molecular weight is 467 g/mol. The summed E-state index contributed by atoms with van der Waals surface area (Å²) in [5.74, 6) is 0.467. The van der Waals surface area contributed by atoms with Gasteiger partial charge >= 0.3 is 0 Å². The summed E-state index contributed by atoms with van der Waals surface area (Å²) in [6.07, 6.45) is 5.10. The van der Waals surface area contributed by atoms with Crippen LogP contribution in [0.25, 0.3) is 0 Å². The van der Waals surface area contributed by atoms with Crippen molar-refractivity contribution in [1.29, 1.82) is 0 Å². The molecule has 0 spiro atoms. The number of hydrogen-bond donors (Lipinski definition) is 3. The van der Waals surface area contributed by atoms with Crippen molar-refractivity contribution in [3.63, 3.8) is 0 Å². The number of carbonyl (C=O) groups excluding carboxylic acids is 2. The first-order valence-corrected chi connectivity index (χ1v) is 12.6. The molecule has 2 aliphatic rings. The molecule has 2 fully saturated rings. The average Bonchev–Trinajstić information content (AvgIpc) is 3.33. The monoisotopic (exact) mass is 466 g/mol. The van der Waals surface area contributed by atoms with E-state index in [2.05, 4.69) is 24.5 Å². The number of aliphatic hydroxyl groups excluding tert-OH is 1. The zero-order valence-corrected chi connectivity index (χ0v) is 20.5. The SMILES string of the molecule is C[C@@H]1[C@@H]2[C@@H](O)[C@@H]([C@H](C)C(=O)NCc3ccco3)CC[C@]2(C)CC[C@@H]1NC(=O)Cc1ccccc1. The molecule has 7 atom stereocenters. The maximum atomic E-state index is 12.9. The summed E-state index contributed by atoms with van der Waals surface area (Å²) >= 11 is 0. The highest BCUT2D eigenvalue weighted by atomic mass is 16.3. The third kappa shape index (κ3) is 5.22.